The van der Waals surface area contributed by atoms with Gasteiger partial charge in [0.05, 0.1) is 12.2 Å². The van der Waals surface area contributed by atoms with Crippen molar-refractivity contribution < 1.29 is 9.53 Å². The van der Waals surface area contributed by atoms with Gasteiger partial charge in [0.1, 0.15) is 0 Å². The molecule has 0 radical (unpaired) electrons. The summed E-state index contributed by atoms with van der Waals surface area (Å²) in [5.74, 6) is -0.251. The third-order valence-electron chi connectivity index (χ3n) is 3.06. The average molecular weight is 254 g/mol. The maximum atomic E-state index is 11.8. The van der Waals surface area contributed by atoms with Crippen LogP contribution in [-0.2, 0) is 17.6 Å². The zero-order valence-electron chi connectivity index (χ0n) is 11.1. The van der Waals surface area contributed by atoms with Crippen LogP contribution in [0.25, 0.3) is 0 Å². The van der Waals surface area contributed by atoms with E-state index in [1.807, 2.05) is 54.6 Å². The molecule has 2 rings (SSSR count). The molecule has 0 fully saturated rings. The van der Waals surface area contributed by atoms with E-state index in [4.69, 9.17) is 4.74 Å². The fourth-order valence-corrected chi connectivity index (χ4v) is 1.87. The van der Waals surface area contributed by atoms with Gasteiger partial charge in [-0.15, -0.1) is 0 Å². The van der Waals surface area contributed by atoms with Gasteiger partial charge < -0.3 is 4.74 Å². The van der Waals surface area contributed by atoms with Gasteiger partial charge in [0.2, 0.25) is 0 Å². The van der Waals surface area contributed by atoms with Crippen LogP contribution in [0.2, 0.25) is 0 Å². The van der Waals surface area contributed by atoms with E-state index in [-0.39, 0.29) is 5.97 Å². The van der Waals surface area contributed by atoms with Crippen LogP contribution in [0.1, 0.15) is 28.4 Å². The third-order valence-corrected chi connectivity index (χ3v) is 3.06. The Bertz CT molecular complexity index is 515. The third kappa shape index (κ3) is 3.95. The van der Waals surface area contributed by atoms with Crippen molar-refractivity contribution in [3.8, 4) is 0 Å². The highest BCUT2D eigenvalue weighted by Gasteiger charge is 2.06. The maximum Gasteiger partial charge on any atom is 0.338 e. The van der Waals surface area contributed by atoms with Crippen LogP contribution >= 0.6 is 0 Å². The van der Waals surface area contributed by atoms with Gasteiger partial charge in [-0.2, -0.15) is 0 Å². The standard InChI is InChI=1S/C17H18O2/c1-2-14-8-10-16(11-9-14)17(18)19-13-12-15-6-4-3-5-7-15/h3-11H,2,12-13H2,1H3. The quantitative estimate of drug-likeness (QED) is 0.761. The Morgan fingerprint density at radius 2 is 1.63 bits per heavy atom. The molecular formula is C17H18O2. The second-order valence-electron chi connectivity index (χ2n) is 4.42. The summed E-state index contributed by atoms with van der Waals surface area (Å²) < 4.78 is 5.27. The summed E-state index contributed by atoms with van der Waals surface area (Å²) in [5.41, 5.74) is 3.02. The molecule has 0 amide bonds. The van der Waals surface area contributed by atoms with Crippen molar-refractivity contribution in [3.05, 3.63) is 71.3 Å². The monoisotopic (exact) mass is 254 g/mol. The van der Waals surface area contributed by atoms with E-state index in [9.17, 15) is 4.79 Å². The first-order valence-electron chi connectivity index (χ1n) is 6.59. The van der Waals surface area contributed by atoms with E-state index in [1.54, 1.807) is 0 Å². The summed E-state index contributed by atoms with van der Waals surface area (Å²) in [6.07, 6.45) is 1.73. The summed E-state index contributed by atoms with van der Waals surface area (Å²) in [6, 6.07) is 17.6. The number of benzene rings is 2. The molecule has 2 heteroatoms. The predicted molar refractivity (Wildman–Crippen MR) is 76.2 cm³/mol. The number of esters is 1. The predicted octanol–water partition coefficient (Wildman–Crippen LogP) is 3.65. The molecular weight excluding hydrogens is 236 g/mol. The second-order valence-corrected chi connectivity index (χ2v) is 4.42. The smallest absolute Gasteiger partial charge is 0.338 e. The van der Waals surface area contributed by atoms with Crippen molar-refractivity contribution in [1.82, 2.24) is 0 Å². The van der Waals surface area contributed by atoms with E-state index in [0.29, 0.717) is 12.2 Å². The van der Waals surface area contributed by atoms with E-state index in [2.05, 4.69) is 6.92 Å². The number of rotatable bonds is 5. The highest BCUT2D eigenvalue weighted by Crippen LogP contribution is 2.07. The molecule has 2 nitrogen and oxygen atoms in total. The van der Waals surface area contributed by atoms with Gasteiger partial charge in [0.25, 0.3) is 0 Å². The highest BCUT2D eigenvalue weighted by molar-refractivity contribution is 5.89. The summed E-state index contributed by atoms with van der Waals surface area (Å²) in [5, 5.41) is 0. The van der Waals surface area contributed by atoms with Crippen LogP contribution in [-0.4, -0.2) is 12.6 Å². The number of ether oxygens (including phenoxy) is 1. The van der Waals surface area contributed by atoms with Crippen molar-refractivity contribution in [2.24, 2.45) is 0 Å². The van der Waals surface area contributed by atoms with Gasteiger partial charge in [-0.1, -0.05) is 49.4 Å². The lowest BCUT2D eigenvalue weighted by Gasteiger charge is -2.05. The van der Waals surface area contributed by atoms with Gasteiger partial charge >= 0.3 is 5.97 Å². The molecule has 0 saturated carbocycles. The molecule has 2 aromatic rings. The van der Waals surface area contributed by atoms with Gasteiger partial charge in [0.15, 0.2) is 0 Å². The van der Waals surface area contributed by atoms with Crippen molar-refractivity contribution in [3.63, 3.8) is 0 Å². The lowest BCUT2D eigenvalue weighted by Crippen LogP contribution is -2.08. The first-order chi connectivity index (χ1) is 9.29. The number of carbonyl (C=O) groups is 1. The van der Waals surface area contributed by atoms with Gasteiger partial charge in [0, 0.05) is 6.42 Å². The van der Waals surface area contributed by atoms with E-state index in [1.165, 1.54) is 11.1 Å². The first-order valence-corrected chi connectivity index (χ1v) is 6.59. The lowest BCUT2D eigenvalue weighted by atomic mass is 10.1. The first kappa shape index (κ1) is 13.3. The van der Waals surface area contributed by atoms with Crippen molar-refractivity contribution in [2.45, 2.75) is 19.8 Å². The topological polar surface area (TPSA) is 26.3 Å². The molecule has 0 aromatic heterocycles. The van der Waals surface area contributed by atoms with E-state index < -0.39 is 0 Å². The minimum Gasteiger partial charge on any atom is -0.462 e. The highest BCUT2D eigenvalue weighted by atomic mass is 16.5. The normalized spacial score (nSPS) is 10.2. The SMILES string of the molecule is CCc1ccc(C(=O)OCCc2ccccc2)cc1. The molecule has 0 heterocycles. The van der Waals surface area contributed by atoms with E-state index in [0.717, 1.165) is 12.8 Å². The maximum absolute atomic E-state index is 11.8. The molecule has 0 unspecified atom stereocenters. The van der Waals surface area contributed by atoms with Crippen LogP contribution in [0.3, 0.4) is 0 Å². The minimum absolute atomic E-state index is 0.251. The summed E-state index contributed by atoms with van der Waals surface area (Å²) in [6.45, 7) is 2.51. The molecule has 0 atom stereocenters. The van der Waals surface area contributed by atoms with Crippen molar-refractivity contribution >= 4 is 5.97 Å². The lowest BCUT2D eigenvalue weighted by molar-refractivity contribution is 0.0509. The summed E-state index contributed by atoms with van der Waals surface area (Å²) in [4.78, 5) is 11.8. The summed E-state index contributed by atoms with van der Waals surface area (Å²) in [7, 11) is 0. The Kier molecular flexibility index (Phi) is 4.73. The molecule has 0 aliphatic heterocycles. The largest absolute Gasteiger partial charge is 0.462 e. The number of hydrogen-bond donors (Lipinski definition) is 0. The van der Waals surface area contributed by atoms with Crippen LogP contribution < -0.4 is 0 Å². The molecule has 0 saturated heterocycles. The zero-order chi connectivity index (χ0) is 13.5. The minimum atomic E-state index is -0.251. The van der Waals surface area contributed by atoms with Crippen LogP contribution in [0.5, 0.6) is 0 Å². The Labute approximate surface area is 114 Å². The van der Waals surface area contributed by atoms with Gasteiger partial charge in [-0.25, -0.2) is 4.79 Å². The van der Waals surface area contributed by atoms with Gasteiger partial charge in [-0.3, -0.25) is 0 Å². The Morgan fingerprint density at radius 1 is 0.947 bits per heavy atom. The fraction of sp³-hybridized carbons (Fsp3) is 0.235. The Morgan fingerprint density at radius 3 is 2.26 bits per heavy atom. The molecule has 98 valence electrons. The molecule has 0 N–H and O–H groups in total. The van der Waals surface area contributed by atoms with E-state index >= 15 is 0 Å². The van der Waals surface area contributed by atoms with Gasteiger partial charge in [-0.05, 0) is 29.7 Å². The van der Waals surface area contributed by atoms with Crippen LogP contribution in [0.15, 0.2) is 54.6 Å². The average Bonchev–Trinajstić information content (AvgIpc) is 2.48. The molecule has 0 bridgehead atoms. The number of hydrogen-bond acceptors (Lipinski definition) is 2. The molecule has 2 aromatic carbocycles. The fourth-order valence-electron chi connectivity index (χ4n) is 1.87. The summed E-state index contributed by atoms with van der Waals surface area (Å²) >= 11 is 0. The Hall–Kier alpha value is -2.09. The number of aryl methyl sites for hydroxylation is 1. The number of carbonyl (C=O) groups excluding carboxylic acids is 1. The van der Waals surface area contributed by atoms with Crippen molar-refractivity contribution in [2.75, 3.05) is 6.61 Å². The second kappa shape index (κ2) is 6.74. The molecule has 0 spiro atoms. The van der Waals surface area contributed by atoms with Crippen molar-refractivity contribution in [1.29, 1.82) is 0 Å². The molecule has 19 heavy (non-hydrogen) atoms. The molecule has 0 aliphatic carbocycles. The van der Waals surface area contributed by atoms with Crippen LogP contribution in [0.4, 0.5) is 0 Å². The Balaban J connectivity index is 1.84. The zero-order valence-corrected chi connectivity index (χ0v) is 11.1. The molecule has 0 aliphatic rings. The van der Waals surface area contributed by atoms with Crippen LogP contribution in [0, 0.1) is 0 Å².